The predicted octanol–water partition coefficient (Wildman–Crippen LogP) is 15.5. The summed E-state index contributed by atoms with van der Waals surface area (Å²) in [6.07, 6.45) is -7.84. The van der Waals surface area contributed by atoms with E-state index in [0.29, 0.717) is 77.0 Å². The molecule has 0 saturated heterocycles. The van der Waals surface area contributed by atoms with Crippen LogP contribution >= 0.6 is 11.6 Å². The van der Waals surface area contributed by atoms with Crippen LogP contribution in [0.4, 0.5) is 39.5 Å². The number of hydrogen-bond donors (Lipinski definition) is 1. The molecule has 0 radical (unpaired) electrons. The van der Waals surface area contributed by atoms with E-state index >= 15 is 0 Å². The number of benzene rings is 8. The fourth-order valence-corrected chi connectivity index (χ4v) is 20.9. The van der Waals surface area contributed by atoms with Gasteiger partial charge >= 0.3 is 93.8 Å². The van der Waals surface area contributed by atoms with Crippen LogP contribution in [0, 0.1) is 35.5 Å². The molecule has 133 heavy (non-hydrogen) atoms. The molecular weight excluding hydrogens is 1850 g/mol. The molecule has 3 atom stereocenters. The van der Waals surface area contributed by atoms with Gasteiger partial charge in [-0.15, -0.1) is 0 Å². The summed E-state index contributed by atoms with van der Waals surface area (Å²) in [6.45, 7) is 0.118. The maximum Gasteiger partial charge on any atom is 1.00 e. The first-order chi connectivity index (χ1) is 62.5. The number of carboxylic acids is 1. The molecule has 0 unspecified atom stereocenters. The second kappa shape index (κ2) is 54.0. The number of carboxylic acid groups (broad SMARTS) is 1. The Bertz CT molecular complexity index is 5390. The fraction of sp³-hybridized carbons (Fsp3) is 0.418. The quantitative estimate of drug-likeness (QED) is 0.0123. The van der Waals surface area contributed by atoms with E-state index in [2.05, 4.69) is 0 Å². The number of carbonyl (C=O) groups is 9. The summed E-state index contributed by atoms with van der Waals surface area (Å²) < 4.78 is 212. The van der Waals surface area contributed by atoms with Crippen LogP contribution < -0.4 is 56.5 Å². The summed E-state index contributed by atoms with van der Waals surface area (Å²) >= 11 is 5.09. The first kappa shape index (κ1) is 111. The van der Waals surface area contributed by atoms with Gasteiger partial charge in [-0.05, 0) is 213 Å². The fourth-order valence-electron chi connectivity index (χ4n) is 15.7. The Morgan fingerprint density at radius 3 is 0.835 bits per heavy atom. The Hall–Kier alpha value is -9.10. The van der Waals surface area contributed by atoms with Gasteiger partial charge in [-0.3, -0.25) is 38.4 Å². The number of aliphatic hydroxyl groups is 1. The molecule has 0 heterocycles. The van der Waals surface area contributed by atoms with Crippen LogP contribution in [-0.2, 0) is 123 Å². The van der Waals surface area contributed by atoms with Gasteiger partial charge in [-0.25, -0.2) is 25.3 Å². The molecule has 3 fully saturated rings. The first-order valence-electron chi connectivity index (χ1n) is 43.2. The van der Waals surface area contributed by atoms with Crippen LogP contribution in [0.5, 0.6) is 0 Å². The van der Waals surface area contributed by atoms with Gasteiger partial charge < -0.3 is 34.0 Å². The molecule has 3 aliphatic rings. The average molecular weight is 1960 g/mol. The molecule has 0 aromatic heterocycles. The van der Waals surface area contributed by atoms with Gasteiger partial charge in [0.15, 0.2) is 29.5 Å². The standard InChI is InChI=1S/C35H37F3O7S.C28H31F3O7S.C24H27F3O4S.C11H11ClO3.K/c36-35(37,38)30-15-17-31(18-16-30)46(42,43)24-26-11-13-28(14-12-26)32(39)21-29(27-9-5-2-6-10-27)23-45-34(41)20-19-33(40)44-22-25-7-3-1-4-8-25;29-28(30,31)23-10-12-24(13-11-23)39(36,37)18-19-6-8-21(9-7-19)25(32)16-22(20-4-2-1-3-5-20)17-38-27(35)15-14-26(33)34;25-24(26,27)21-10-12-22(13-11-21)32(30,31)16-17-6-8-19(9-7-17)23(29)14-20(15-28)18-4-2-1-3-5-18;12-10(13)6-7-11(14)15-8-9-4-2-1-3-5-9;/h1-10,15-18,26,28-29H,11-14,19-24H2;1-5,10-13,19,21-22H,6-9,14-18H2,(H,33,34);1-5,10-13,17,19-20,28H,6-9,14-16H2;1-5H,6-8H2;/q;;;;+1/p-1/t26?,28?,29-;19?,21?,22-;17?,19?,20-;;/m111../s1. The molecule has 3 aliphatic carbocycles. The number of ether oxygens (including phenoxy) is 4. The van der Waals surface area contributed by atoms with Crippen molar-refractivity contribution in [2.24, 2.45) is 35.5 Å². The molecule has 712 valence electrons. The Morgan fingerprint density at radius 2 is 0.579 bits per heavy atom. The van der Waals surface area contributed by atoms with Crippen molar-refractivity contribution >= 4 is 93.6 Å². The number of aliphatic hydroxyl groups excluding tert-OH is 1. The summed E-state index contributed by atoms with van der Waals surface area (Å²) in [7, 11) is -11.3. The van der Waals surface area contributed by atoms with Gasteiger partial charge in [0.2, 0.25) is 5.24 Å². The van der Waals surface area contributed by atoms with E-state index < -0.39 is 112 Å². The van der Waals surface area contributed by atoms with E-state index in [9.17, 15) is 118 Å². The van der Waals surface area contributed by atoms with Crippen molar-refractivity contribution < 1.29 is 188 Å². The Balaban J connectivity index is 0.000000254. The van der Waals surface area contributed by atoms with Crippen molar-refractivity contribution in [3.63, 3.8) is 0 Å². The minimum Gasteiger partial charge on any atom is -0.550 e. The number of aliphatic carboxylic acids is 1. The molecule has 35 heteroatoms. The molecule has 0 amide bonds. The number of sulfone groups is 3. The number of alkyl halides is 9. The summed E-state index contributed by atoms with van der Waals surface area (Å²) in [4.78, 5) is 107. The second-order valence-electron chi connectivity index (χ2n) is 33.0. The minimum atomic E-state index is -4.55. The van der Waals surface area contributed by atoms with Crippen molar-refractivity contribution in [3.05, 3.63) is 269 Å². The van der Waals surface area contributed by atoms with Crippen molar-refractivity contribution in [2.75, 3.05) is 37.1 Å². The molecule has 0 spiro atoms. The molecule has 11 rings (SSSR count). The monoisotopic (exact) mass is 1960 g/mol. The van der Waals surface area contributed by atoms with E-state index in [-0.39, 0.29) is 232 Å². The van der Waals surface area contributed by atoms with Crippen LogP contribution in [0.15, 0.2) is 239 Å². The zero-order chi connectivity index (χ0) is 96.2. The molecule has 3 saturated carbocycles. The number of Topliss-reactive ketones (excluding diaryl/α,β-unsaturated/α-hetero) is 3. The zero-order valence-electron chi connectivity index (χ0n) is 73.2. The van der Waals surface area contributed by atoms with E-state index in [0.717, 1.165) is 101 Å². The normalized spacial score (nSPS) is 17.6. The van der Waals surface area contributed by atoms with Crippen LogP contribution in [0.2, 0.25) is 0 Å². The minimum absolute atomic E-state index is 0. The molecule has 0 aliphatic heterocycles. The van der Waals surface area contributed by atoms with Crippen molar-refractivity contribution in [1.82, 2.24) is 0 Å². The van der Waals surface area contributed by atoms with Crippen molar-refractivity contribution in [2.45, 2.75) is 199 Å². The Labute approximate surface area is 815 Å². The van der Waals surface area contributed by atoms with Crippen molar-refractivity contribution in [1.29, 1.82) is 0 Å². The molecule has 0 bridgehead atoms. The molecule has 1 N–H and O–H groups in total. The number of hydrogen-bond acceptors (Lipinski definition) is 21. The maximum absolute atomic E-state index is 13.3. The number of carbonyl (C=O) groups excluding carboxylic acids is 9. The largest absolute Gasteiger partial charge is 1.00 e. The van der Waals surface area contributed by atoms with Crippen molar-refractivity contribution in [3.8, 4) is 0 Å². The number of esters is 4. The van der Waals surface area contributed by atoms with Gasteiger partial charge in [-0.1, -0.05) is 152 Å². The van der Waals surface area contributed by atoms with Gasteiger partial charge in [-0.2, -0.15) is 39.5 Å². The number of halogens is 10. The number of rotatable bonds is 39. The van der Waals surface area contributed by atoms with Crippen LogP contribution in [-0.4, -0.2) is 120 Å². The van der Waals surface area contributed by atoms with E-state index in [1.54, 1.807) is 12.1 Å². The van der Waals surface area contributed by atoms with E-state index in [4.69, 9.17) is 30.5 Å². The third-order valence-corrected chi connectivity index (χ3v) is 29.1. The summed E-state index contributed by atoms with van der Waals surface area (Å²) in [5, 5.41) is 19.7. The van der Waals surface area contributed by atoms with E-state index in [1.807, 2.05) is 140 Å². The predicted molar refractivity (Wildman–Crippen MR) is 468 cm³/mol. The third-order valence-electron chi connectivity index (χ3n) is 23.2. The SMILES string of the molecule is O=C(CCC(=O)OC[C@@H](CC(=O)C1CCC(CS(=O)(=O)c2ccc(C(F)(F)F)cc2)CC1)c1ccccc1)OCc1ccccc1.O=C(C[C@H](CO)c1ccccc1)C1CCC(CS(=O)(=O)c2ccc(C(F)(F)F)cc2)CC1.O=C(Cl)CCC(=O)OCc1ccccc1.O=C([O-])CCC(=O)OC[C@@H](CC(=O)C1CCC(CS(=O)(=O)c2ccc(C(F)(F)F)cc2)CC1)c1ccccc1.[K+]. The topological polar surface area (TPSA) is 336 Å². The summed E-state index contributed by atoms with van der Waals surface area (Å²) in [5.41, 5.74) is 1.60. The maximum atomic E-state index is 13.3. The van der Waals surface area contributed by atoms with Crippen LogP contribution in [0.1, 0.15) is 197 Å². The molecule has 21 nitrogen and oxygen atoms in total. The number of ketones is 3. The molecule has 8 aromatic carbocycles. The van der Waals surface area contributed by atoms with Gasteiger partial charge in [0.25, 0.3) is 0 Å². The Morgan fingerprint density at radius 1 is 0.338 bits per heavy atom. The molecule has 8 aromatic rings. The second-order valence-corrected chi connectivity index (χ2v) is 39.5. The summed E-state index contributed by atoms with van der Waals surface area (Å²) in [6, 6.07) is 56.7. The average Bonchev–Trinajstić information content (AvgIpc) is 0.816. The molecular formula is C98H105ClF9KO21S3. The van der Waals surface area contributed by atoms with Gasteiger partial charge in [0.05, 0.1) is 94.1 Å². The van der Waals surface area contributed by atoms with Gasteiger partial charge in [0, 0.05) is 67.2 Å². The van der Waals surface area contributed by atoms with Gasteiger partial charge in [0.1, 0.15) is 30.6 Å². The Kier molecular flexibility index (Phi) is 45.0. The van der Waals surface area contributed by atoms with E-state index in [1.165, 1.54) is 0 Å². The summed E-state index contributed by atoms with van der Waals surface area (Å²) in [5.74, 6) is -6.33. The van der Waals surface area contributed by atoms with Crippen LogP contribution in [0.3, 0.4) is 0 Å². The first-order valence-corrected chi connectivity index (χ1v) is 48.5. The zero-order valence-corrected chi connectivity index (χ0v) is 79.5. The van der Waals surface area contributed by atoms with Crippen LogP contribution in [0.25, 0.3) is 0 Å². The smallest absolute Gasteiger partial charge is 0.550 e. The third kappa shape index (κ3) is 38.9.